The molecule has 1 aliphatic heterocycles. The van der Waals surface area contributed by atoms with Gasteiger partial charge in [-0.2, -0.15) is 0 Å². The zero-order valence-electron chi connectivity index (χ0n) is 18.7. The van der Waals surface area contributed by atoms with E-state index < -0.39 is 0 Å². The number of likely N-dealkylation sites (tertiary alicyclic amines) is 1. The molecule has 0 aromatic heterocycles. The van der Waals surface area contributed by atoms with Gasteiger partial charge in [-0.3, -0.25) is 9.89 Å². The van der Waals surface area contributed by atoms with Gasteiger partial charge in [-0.25, -0.2) is 0 Å². The maximum Gasteiger partial charge on any atom is 0.191 e. The minimum Gasteiger partial charge on any atom is -0.491 e. The highest BCUT2D eigenvalue weighted by atomic mass is 127. The Labute approximate surface area is 193 Å². The van der Waals surface area contributed by atoms with Gasteiger partial charge >= 0.3 is 0 Å². The van der Waals surface area contributed by atoms with Crippen LogP contribution in [0.1, 0.15) is 37.8 Å². The predicted molar refractivity (Wildman–Crippen MR) is 132 cm³/mol. The number of rotatable bonds is 9. The maximum atomic E-state index is 5.88. The van der Waals surface area contributed by atoms with E-state index in [1.807, 2.05) is 7.05 Å². The van der Waals surface area contributed by atoms with E-state index in [9.17, 15) is 0 Å². The normalized spacial score (nSPS) is 18.7. The average Bonchev–Trinajstić information content (AvgIpc) is 2.69. The molecule has 2 atom stereocenters. The average molecular weight is 518 g/mol. The first kappa shape index (κ1) is 26.0. The van der Waals surface area contributed by atoms with Gasteiger partial charge in [0.05, 0.1) is 6.61 Å². The lowest BCUT2D eigenvalue weighted by Gasteiger charge is -2.35. The Hall–Kier alpha value is -1.06. The summed E-state index contributed by atoms with van der Waals surface area (Å²) < 4.78 is 11.0. The van der Waals surface area contributed by atoms with Gasteiger partial charge < -0.3 is 20.1 Å². The fourth-order valence-electron chi connectivity index (χ4n) is 3.58. The zero-order chi connectivity index (χ0) is 20.4. The number of hydrogen-bond donors (Lipinski definition) is 2. The van der Waals surface area contributed by atoms with Crippen LogP contribution in [0.3, 0.4) is 0 Å². The van der Waals surface area contributed by atoms with E-state index in [-0.39, 0.29) is 24.0 Å². The molecule has 0 amide bonds. The first-order chi connectivity index (χ1) is 13.5. The van der Waals surface area contributed by atoms with Gasteiger partial charge in [0.1, 0.15) is 12.4 Å². The Bertz CT molecular complexity index is 627. The molecule has 1 aromatic carbocycles. The molecule has 1 aromatic rings. The number of guanidine groups is 1. The van der Waals surface area contributed by atoms with Crippen LogP contribution in [0.2, 0.25) is 0 Å². The summed E-state index contributed by atoms with van der Waals surface area (Å²) in [5.74, 6) is 2.52. The van der Waals surface area contributed by atoms with Gasteiger partial charge in [-0.05, 0) is 50.8 Å². The van der Waals surface area contributed by atoms with Crippen LogP contribution in [0, 0.1) is 12.8 Å². The molecular formula is C22H39IN4O2. The van der Waals surface area contributed by atoms with Crippen LogP contribution >= 0.6 is 24.0 Å². The van der Waals surface area contributed by atoms with Crippen LogP contribution in [0.4, 0.5) is 0 Å². The van der Waals surface area contributed by atoms with E-state index in [1.165, 1.54) is 31.5 Å². The fraction of sp³-hybridized carbons (Fsp3) is 0.682. The van der Waals surface area contributed by atoms with Crippen LogP contribution in [-0.4, -0.2) is 63.9 Å². The number of aryl methyl sites for hydroxylation is 1. The smallest absolute Gasteiger partial charge is 0.191 e. The Morgan fingerprint density at radius 1 is 1.31 bits per heavy atom. The number of hydrogen-bond acceptors (Lipinski definition) is 4. The Morgan fingerprint density at radius 3 is 2.79 bits per heavy atom. The second-order valence-electron chi connectivity index (χ2n) is 7.85. The lowest BCUT2D eigenvalue weighted by atomic mass is 9.99. The third kappa shape index (κ3) is 9.09. The Balaban J connectivity index is 0.00000420. The third-order valence-corrected chi connectivity index (χ3v) is 5.31. The van der Waals surface area contributed by atoms with Crippen LogP contribution in [0.15, 0.2) is 23.2 Å². The third-order valence-electron chi connectivity index (χ3n) is 5.31. The zero-order valence-corrected chi connectivity index (χ0v) is 21.0. The highest BCUT2D eigenvalue weighted by Gasteiger charge is 2.20. The number of nitrogens with one attached hydrogen (secondary N) is 2. The number of aliphatic imine (C=N–C) groups is 1. The first-order valence-electron chi connectivity index (χ1n) is 10.4. The molecule has 0 aliphatic carbocycles. The minimum absolute atomic E-state index is 0. The molecule has 0 bridgehead atoms. The summed E-state index contributed by atoms with van der Waals surface area (Å²) in [4.78, 5) is 6.95. The highest BCUT2D eigenvalue weighted by molar-refractivity contribution is 14.0. The van der Waals surface area contributed by atoms with Gasteiger partial charge in [0.2, 0.25) is 0 Å². The van der Waals surface area contributed by atoms with Gasteiger partial charge in [-0.1, -0.05) is 19.1 Å². The molecule has 0 saturated carbocycles. The molecule has 0 spiro atoms. The number of ether oxygens (including phenoxy) is 2. The maximum absolute atomic E-state index is 5.88. The first-order valence-corrected chi connectivity index (χ1v) is 10.4. The Kier molecular flexibility index (Phi) is 12.6. The lowest BCUT2D eigenvalue weighted by molar-refractivity contribution is 0.139. The summed E-state index contributed by atoms with van der Waals surface area (Å²) in [7, 11) is 3.50. The SMILES string of the molecule is CN=C(NCc1ccc(C)cc1OCCOC)NCC(C)N1CCCC(C)C1.I. The molecule has 7 heteroatoms. The van der Waals surface area contributed by atoms with Crippen molar-refractivity contribution in [2.24, 2.45) is 10.9 Å². The quantitative estimate of drug-likeness (QED) is 0.227. The molecule has 6 nitrogen and oxygen atoms in total. The topological polar surface area (TPSA) is 58.1 Å². The minimum atomic E-state index is 0. The van der Waals surface area contributed by atoms with E-state index in [0.717, 1.165) is 29.7 Å². The molecule has 29 heavy (non-hydrogen) atoms. The summed E-state index contributed by atoms with van der Waals surface area (Å²) in [6, 6.07) is 6.78. The lowest BCUT2D eigenvalue weighted by Crippen LogP contribution is -2.48. The molecule has 2 rings (SSSR count). The largest absolute Gasteiger partial charge is 0.491 e. The van der Waals surface area contributed by atoms with Crippen LogP contribution < -0.4 is 15.4 Å². The van der Waals surface area contributed by atoms with E-state index >= 15 is 0 Å². The van der Waals surface area contributed by atoms with Crippen molar-refractivity contribution < 1.29 is 9.47 Å². The van der Waals surface area contributed by atoms with Gasteiger partial charge in [0.15, 0.2) is 5.96 Å². The van der Waals surface area contributed by atoms with Crippen molar-refractivity contribution in [3.8, 4) is 5.75 Å². The number of halogens is 1. The van der Waals surface area contributed by atoms with Crippen molar-refractivity contribution in [3.05, 3.63) is 29.3 Å². The van der Waals surface area contributed by atoms with E-state index in [2.05, 4.69) is 59.5 Å². The molecule has 1 heterocycles. The summed E-state index contributed by atoms with van der Waals surface area (Å²) in [6.07, 6.45) is 2.66. The molecule has 166 valence electrons. The van der Waals surface area contributed by atoms with Crippen molar-refractivity contribution in [2.45, 2.75) is 46.2 Å². The summed E-state index contributed by atoms with van der Waals surface area (Å²) >= 11 is 0. The second kappa shape index (κ2) is 14.0. The summed E-state index contributed by atoms with van der Waals surface area (Å²) in [5.41, 5.74) is 2.30. The van der Waals surface area contributed by atoms with Crippen LogP contribution in [0.5, 0.6) is 5.75 Å². The Morgan fingerprint density at radius 2 is 2.10 bits per heavy atom. The molecule has 2 N–H and O–H groups in total. The molecular weight excluding hydrogens is 479 g/mol. The van der Waals surface area contributed by atoms with Gasteiger partial charge in [0, 0.05) is 45.4 Å². The molecule has 1 aliphatic rings. The van der Waals surface area contributed by atoms with Crippen molar-refractivity contribution in [2.75, 3.05) is 47.0 Å². The number of piperidine rings is 1. The molecule has 1 saturated heterocycles. The molecule has 2 unspecified atom stereocenters. The summed E-state index contributed by atoms with van der Waals surface area (Å²) in [5, 5.41) is 6.88. The monoisotopic (exact) mass is 518 g/mol. The highest BCUT2D eigenvalue weighted by Crippen LogP contribution is 2.20. The van der Waals surface area contributed by atoms with E-state index in [4.69, 9.17) is 9.47 Å². The second-order valence-corrected chi connectivity index (χ2v) is 7.85. The fourth-order valence-corrected chi connectivity index (χ4v) is 3.58. The summed E-state index contributed by atoms with van der Waals surface area (Å²) in [6.45, 7) is 11.8. The van der Waals surface area contributed by atoms with Gasteiger partial charge in [-0.15, -0.1) is 24.0 Å². The number of methoxy groups -OCH3 is 1. The molecule has 0 radical (unpaired) electrons. The number of benzene rings is 1. The van der Waals surface area contributed by atoms with Crippen molar-refractivity contribution in [3.63, 3.8) is 0 Å². The van der Waals surface area contributed by atoms with Crippen LogP contribution in [0.25, 0.3) is 0 Å². The predicted octanol–water partition coefficient (Wildman–Crippen LogP) is 3.42. The van der Waals surface area contributed by atoms with Crippen molar-refractivity contribution in [1.29, 1.82) is 0 Å². The molecule has 1 fully saturated rings. The standard InChI is InChI=1S/C22H38N4O2.HI/c1-17-8-9-20(21(13-17)28-12-11-27-5)15-25-22(23-4)24-14-19(3)26-10-6-7-18(2)16-26;/h8-9,13,18-19H,6-7,10-12,14-16H2,1-5H3,(H2,23,24,25);1H. The van der Waals surface area contributed by atoms with Gasteiger partial charge in [0.25, 0.3) is 0 Å². The van der Waals surface area contributed by atoms with Crippen molar-refractivity contribution >= 4 is 29.9 Å². The van der Waals surface area contributed by atoms with E-state index in [0.29, 0.717) is 25.8 Å². The number of nitrogens with zero attached hydrogens (tertiary/aromatic N) is 2. The van der Waals surface area contributed by atoms with E-state index in [1.54, 1.807) is 7.11 Å². The van der Waals surface area contributed by atoms with Crippen LogP contribution in [-0.2, 0) is 11.3 Å². The van der Waals surface area contributed by atoms with Crippen molar-refractivity contribution in [1.82, 2.24) is 15.5 Å².